The Balaban J connectivity index is 1.47. The van der Waals surface area contributed by atoms with Crippen LogP contribution in [0.4, 0.5) is 25.1 Å². The summed E-state index contributed by atoms with van der Waals surface area (Å²) in [6.07, 6.45) is 5.15. The van der Waals surface area contributed by atoms with Crippen LogP contribution in [-0.4, -0.2) is 62.6 Å². The van der Waals surface area contributed by atoms with Crippen LogP contribution in [0.5, 0.6) is 0 Å². The van der Waals surface area contributed by atoms with E-state index < -0.39 is 18.1 Å². The number of hydrogen-bond acceptors (Lipinski definition) is 7. The topological polar surface area (TPSA) is 85.6 Å². The Morgan fingerprint density at radius 1 is 1.12 bits per heavy atom. The third-order valence-corrected chi connectivity index (χ3v) is 7.82. The zero-order valence-corrected chi connectivity index (χ0v) is 24.5. The van der Waals surface area contributed by atoms with Crippen molar-refractivity contribution < 1.29 is 23.0 Å². The number of hydrogen-bond donors (Lipinski definition) is 0. The molecule has 1 amide bonds. The van der Waals surface area contributed by atoms with Crippen molar-refractivity contribution in [1.82, 2.24) is 24.6 Å². The Bertz CT molecular complexity index is 1540. The largest absolute Gasteiger partial charge is 0.444 e. The maximum atomic E-state index is 14.5. The van der Waals surface area contributed by atoms with E-state index in [1.807, 2.05) is 37.8 Å². The van der Waals surface area contributed by atoms with Crippen LogP contribution in [0.25, 0.3) is 16.7 Å². The summed E-state index contributed by atoms with van der Waals surface area (Å²) in [7, 11) is 1.77. The molecule has 9 nitrogen and oxygen atoms in total. The first-order valence-electron chi connectivity index (χ1n) is 14.4. The van der Waals surface area contributed by atoms with Crippen molar-refractivity contribution in [1.29, 1.82) is 0 Å². The Labute approximate surface area is 244 Å². The molecule has 1 aromatic carbocycles. The lowest BCUT2D eigenvalue weighted by atomic mass is 9.92. The maximum absolute atomic E-state index is 14.5. The molecule has 6 rings (SSSR count). The van der Waals surface area contributed by atoms with E-state index in [0.717, 1.165) is 35.2 Å². The van der Waals surface area contributed by atoms with Gasteiger partial charge in [0.15, 0.2) is 5.82 Å². The van der Waals surface area contributed by atoms with Gasteiger partial charge in [-0.1, -0.05) is 6.08 Å². The van der Waals surface area contributed by atoms with E-state index in [1.165, 1.54) is 0 Å². The lowest BCUT2D eigenvalue weighted by molar-refractivity contribution is 0.0223. The molecule has 3 aromatic rings. The number of alkyl halides is 2. The summed E-state index contributed by atoms with van der Waals surface area (Å²) in [6, 6.07) is 3.49. The molecule has 0 saturated carbocycles. The van der Waals surface area contributed by atoms with Gasteiger partial charge in [0.05, 0.1) is 31.6 Å². The molecule has 0 aliphatic carbocycles. The number of rotatable bonds is 4. The number of nitrogens with zero attached hydrogens (tertiary/aromatic N) is 6. The molecule has 3 aliphatic heterocycles. The van der Waals surface area contributed by atoms with Gasteiger partial charge >= 0.3 is 6.09 Å². The van der Waals surface area contributed by atoms with Crippen LogP contribution in [0.1, 0.15) is 68.2 Å². The average Bonchev–Trinajstić information content (AvgIpc) is 3.40. The van der Waals surface area contributed by atoms with Gasteiger partial charge in [0.25, 0.3) is 6.43 Å². The number of aryl methyl sites for hydroxylation is 2. The standard InChI is InChI=1S/C31H36F2N6O3/c1-31(2,3)42-30(40)38-11-7-25-24(18-38)29(36-28(35-25)19-8-12-41-13-9-19)39-10-5-6-20-14-22(21-16-34-37(4)17-21)23(27(32)33)15-26(20)39/h8,14-17,27H,5-7,9-13,18H2,1-4H3. The highest BCUT2D eigenvalue weighted by molar-refractivity contribution is 5.78. The predicted molar refractivity (Wildman–Crippen MR) is 155 cm³/mol. The molecule has 2 aromatic heterocycles. The number of ether oxygens (including phenoxy) is 2. The van der Waals surface area contributed by atoms with Gasteiger partial charge in [-0.25, -0.2) is 23.5 Å². The summed E-state index contributed by atoms with van der Waals surface area (Å²) in [4.78, 5) is 26.8. The Hall–Kier alpha value is -3.86. The molecule has 11 heteroatoms. The Kier molecular flexibility index (Phi) is 7.46. The molecule has 0 atom stereocenters. The second-order valence-corrected chi connectivity index (χ2v) is 12.0. The van der Waals surface area contributed by atoms with Crippen LogP contribution >= 0.6 is 0 Å². The van der Waals surface area contributed by atoms with Crippen LogP contribution < -0.4 is 4.90 Å². The molecule has 0 unspecified atom stereocenters. The summed E-state index contributed by atoms with van der Waals surface area (Å²) < 4.78 is 41.9. The SMILES string of the molecule is Cn1cc(-c2cc3c(cc2C(F)F)N(c2nc(C4=CCOCC4)nc4c2CN(C(=O)OC(C)(C)C)CC4)CCC3)cn1. The zero-order chi connectivity index (χ0) is 29.6. The second kappa shape index (κ2) is 11.1. The fourth-order valence-corrected chi connectivity index (χ4v) is 5.84. The van der Waals surface area contributed by atoms with Gasteiger partial charge < -0.3 is 19.3 Å². The van der Waals surface area contributed by atoms with E-state index in [9.17, 15) is 13.6 Å². The lowest BCUT2D eigenvalue weighted by Gasteiger charge is -2.36. The van der Waals surface area contributed by atoms with Crippen LogP contribution in [0.2, 0.25) is 0 Å². The number of halogens is 2. The van der Waals surface area contributed by atoms with E-state index in [4.69, 9.17) is 19.4 Å². The first kappa shape index (κ1) is 28.3. The maximum Gasteiger partial charge on any atom is 0.410 e. The third kappa shape index (κ3) is 5.62. The van der Waals surface area contributed by atoms with Crippen LogP contribution in [0.15, 0.2) is 30.6 Å². The van der Waals surface area contributed by atoms with Crippen molar-refractivity contribution in [2.24, 2.45) is 7.05 Å². The van der Waals surface area contributed by atoms with Gasteiger partial charge in [0, 0.05) is 55.1 Å². The number of fused-ring (bicyclic) bond motifs is 2. The third-order valence-electron chi connectivity index (χ3n) is 7.82. The van der Waals surface area contributed by atoms with Gasteiger partial charge in [0.1, 0.15) is 11.4 Å². The van der Waals surface area contributed by atoms with E-state index in [0.29, 0.717) is 67.6 Å². The van der Waals surface area contributed by atoms with Crippen molar-refractivity contribution in [2.45, 2.75) is 65.0 Å². The van der Waals surface area contributed by atoms with Crippen molar-refractivity contribution in [3.63, 3.8) is 0 Å². The van der Waals surface area contributed by atoms with Crippen molar-refractivity contribution >= 4 is 23.2 Å². The molecule has 0 N–H and O–H groups in total. The molecule has 0 radical (unpaired) electrons. The monoisotopic (exact) mass is 578 g/mol. The van der Waals surface area contributed by atoms with E-state index in [1.54, 1.807) is 35.1 Å². The van der Waals surface area contributed by atoms with Crippen molar-refractivity contribution in [3.8, 4) is 11.1 Å². The number of aromatic nitrogens is 4. The molecule has 0 saturated heterocycles. The average molecular weight is 579 g/mol. The molecule has 5 heterocycles. The molecule has 0 bridgehead atoms. The summed E-state index contributed by atoms with van der Waals surface area (Å²) >= 11 is 0. The summed E-state index contributed by atoms with van der Waals surface area (Å²) in [6.45, 7) is 7.99. The smallest absolute Gasteiger partial charge is 0.410 e. The van der Waals surface area contributed by atoms with Gasteiger partial charge in [-0.15, -0.1) is 0 Å². The molecular weight excluding hydrogens is 542 g/mol. The van der Waals surface area contributed by atoms with Crippen LogP contribution in [0.3, 0.4) is 0 Å². The van der Waals surface area contributed by atoms with Crippen LogP contribution in [-0.2, 0) is 35.9 Å². The Morgan fingerprint density at radius 3 is 2.64 bits per heavy atom. The van der Waals surface area contributed by atoms with E-state index >= 15 is 0 Å². The highest BCUT2D eigenvalue weighted by atomic mass is 19.3. The quantitative estimate of drug-likeness (QED) is 0.376. The second-order valence-electron chi connectivity index (χ2n) is 12.0. The first-order valence-corrected chi connectivity index (χ1v) is 14.4. The number of carbonyl (C=O) groups is 1. The zero-order valence-electron chi connectivity index (χ0n) is 24.5. The van der Waals surface area contributed by atoms with E-state index in [-0.39, 0.29) is 12.1 Å². The van der Waals surface area contributed by atoms with E-state index in [2.05, 4.69) is 5.10 Å². The highest BCUT2D eigenvalue weighted by Gasteiger charge is 2.33. The lowest BCUT2D eigenvalue weighted by Crippen LogP contribution is -2.41. The Morgan fingerprint density at radius 2 is 1.95 bits per heavy atom. The minimum absolute atomic E-state index is 0.0423. The van der Waals surface area contributed by atoms with Gasteiger partial charge in [0.2, 0.25) is 0 Å². The minimum Gasteiger partial charge on any atom is -0.444 e. The van der Waals surface area contributed by atoms with Gasteiger partial charge in [-0.3, -0.25) is 4.68 Å². The van der Waals surface area contributed by atoms with Crippen LogP contribution in [0, 0.1) is 0 Å². The van der Waals surface area contributed by atoms with Crippen molar-refractivity contribution in [3.05, 3.63) is 58.8 Å². The molecule has 0 spiro atoms. The molecule has 222 valence electrons. The number of carbonyl (C=O) groups excluding carboxylic acids is 1. The predicted octanol–water partition coefficient (Wildman–Crippen LogP) is 6.00. The summed E-state index contributed by atoms with van der Waals surface area (Å²) in [5.74, 6) is 1.29. The van der Waals surface area contributed by atoms with Gasteiger partial charge in [-0.2, -0.15) is 5.10 Å². The fourth-order valence-electron chi connectivity index (χ4n) is 5.84. The number of anilines is 2. The summed E-state index contributed by atoms with van der Waals surface area (Å²) in [5.41, 5.74) is 4.88. The fraction of sp³-hybridized carbons (Fsp3) is 0.484. The van der Waals surface area contributed by atoms with Crippen molar-refractivity contribution in [2.75, 3.05) is 31.2 Å². The molecule has 0 fully saturated rings. The molecule has 3 aliphatic rings. The van der Waals surface area contributed by atoms with Gasteiger partial charge in [-0.05, 0) is 68.9 Å². The summed E-state index contributed by atoms with van der Waals surface area (Å²) in [5, 5.41) is 4.20. The normalized spacial score (nSPS) is 17.2. The highest BCUT2D eigenvalue weighted by Crippen LogP contribution is 2.43. The molecule has 42 heavy (non-hydrogen) atoms. The first-order chi connectivity index (χ1) is 20.1. The number of amides is 1. The number of benzene rings is 1. The minimum atomic E-state index is -2.67. The molecular formula is C31H36F2N6O3.